The number of hydrogen-bond donors (Lipinski definition) is 2. The van der Waals surface area contributed by atoms with E-state index in [2.05, 4.69) is 27.7 Å². The van der Waals surface area contributed by atoms with Crippen molar-refractivity contribution in [2.45, 2.75) is 25.7 Å². The minimum absolute atomic E-state index is 0.193. The molecule has 0 saturated carbocycles. The van der Waals surface area contributed by atoms with Gasteiger partial charge in [-0.3, -0.25) is 9.59 Å². The van der Waals surface area contributed by atoms with Crippen molar-refractivity contribution in [2.24, 2.45) is 0 Å². The van der Waals surface area contributed by atoms with Crippen LogP contribution in [-0.4, -0.2) is 24.9 Å². The lowest BCUT2D eigenvalue weighted by atomic mass is 10.1. The van der Waals surface area contributed by atoms with Gasteiger partial charge in [0.25, 0.3) is 11.8 Å². The maximum Gasteiger partial charge on any atom is 0.291 e. The van der Waals surface area contributed by atoms with Crippen LogP contribution in [-0.2, 0) is 0 Å². The zero-order valence-corrected chi connectivity index (χ0v) is 16.8. The molecule has 154 valence electrons. The number of carbonyl (C=O) groups excluding carboxylic acids is 2. The molecule has 0 bridgehead atoms. The number of rotatable bonds is 5. The van der Waals surface area contributed by atoms with Gasteiger partial charge in [0.05, 0.1) is 6.26 Å². The highest BCUT2D eigenvalue weighted by Gasteiger charge is 2.12. The predicted molar refractivity (Wildman–Crippen MR) is 118 cm³/mol. The minimum atomic E-state index is -0.332. The van der Waals surface area contributed by atoms with Crippen LogP contribution in [0.3, 0.4) is 0 Å². The summed E-state index contributed by atoms with van der Waals surface area (Å²) >= 11 is 0. The molecule has 30 heavy (non-hydrogen) atoms. The maximum absolute atomic E-state index is 12.5. The zero-order valence-electron chi connectivity index (χ0n) is 16.8. The van der Waals surface area contributed by atoms with E-state index in [0.29, 0.717) is 11.3 Å². The van der Waals surface area contributed by atoms with E-state index < -0.39 is 0 Å². The number of furan rings is 1. The molecule has 1 saturated heterocycles. The van der Waals surface area contributed by atoms with Gasteiger partial charge in [0.15, 0.2) is 5.76 Å². The summed E-state index contributed by atoms with van der Waals surface area (Å²) in [5, 5.41) is 5.66. The first kappa shape index (κ1) is 19.8. The summed E-state index contributed by atoms with van der Waals surface area (Å²) < 4.78 is 5.07. The van der Waals surface area contributed by atoms with Crippen LogP contribution < -0.4 is 15.5 Å². The molecule has 2 heterocycles. The Morgan fingerprint density at radius 2 is 1.33 bits per heavy atom. The number of nitrogens with one attached hydrogen (secondary N) is 2. The Balaban J connectivity index is 1.34. The maximum atomic E-state index is 12.5. The fraction of sp³-hybridized carbons (Fsp3) is 0.250. The van der Waals surface area contributed by atoms with Gasteiger partial charge in [-0.25, -0.2) is 0 Å². The van der Waals surface area contributed by atoms with Crippen LogP contribution in [0.15, 0.2) is 71.3 Å². The van der Waals surface area contributed by atoms with E-state index in [1.165, 1.54) is 37.6 Å². The molecule has 1 aliphatic rings. The molecule has 2 amide bonds. The Morgan fingerprint density at radius 1 is 0.733 bits per heavy atom. The minimum Gasteiger partial charge on any atom is -0.459 e. The smallest absolute Gasteiger partial charge is 0.291 e. The van der Waals surface area contributed by atoms with E-state index in [0.717, 1.165) is 18.8 Å². The van der Waals surface area contributed by atoms with E-state index in [1.54, 1.807) is 36.4 Å². The van der Waals surface area contributed by atoms with Crippen molar-refractivity contribution < 1.29 is 14.0 Å². The van der Waals surface area contributed by atoms with Crippen LogP contribution in [0.5, 0.6) is 0 Å². The molecular weight excluding hydrogens is 378 g/mol. The molecule has 0 aliphatic carbocycles. The summed E-state index contributed by atoms with van der Waals surface area (Å²) in [6.07, 6.45) is 6.52. The monoisotopic (exact) mass is 403 g/mol. The molecule has 1 fully saturated rings. The van der Waals surface area contributed by atoms with Crippen LogP contribution in [0.1, 0.15) is 46.6 Å². The number of benzene rings is 2. The van der Waals surface area contributed by atoms with Crippen LogP contribution in [0.2, 0.25) is 0 Å². The van der Waals surface area contributed by atoms with Crippen molar-refractivity contribution in [2.75, 3.05) is 28.6 Å². The second kappa shape index (κ2) is 9.31. The van der Waals surface area contributed by atoms with Crippen molar-refractivity contribution in [3.63, 3.8) is 0 Å². The lowest BCUT2D eigenvalue weighted by Gasteiger charge is -2.22. The molecule has 1 aliphatic heterocycles. The highest BCUT2D eigenvalue weighted by atomic mass is 16.3. The van der Waals surface area contributed by atoms with Crippen molar-refractivity contribution in [1.29, 1.82) is 0 Å². The molecule has 0 atom stereocenters. The van der Waals surface area contributed by atoms with E-state index in [-0.39, 0.29) is 17.6 Å². The van der Waals surface area contributed by atoms with Crippen molar-refractivity contribution >= 4 is 28.9 Å². The lowest BCUT2D eigenvalue weighted by molar-refractivity contribution is 0.0995. The van der Waals surface area contributed by atoms with Crippen LogP contribution >= 0.6 is 0 Å². The van der Waals surface area contributed by atoms with Gasteiger partial charge in [-0.1, -0.05) is 12.8 Å². The van der Waals surface area contributed by atoms with Crippen LogP contribution in [0.25, 0.3) is 0 Å². The average molecular weight is 403 g/mol. The Kier molecular flexibility index (Phi) is 6.13. The second-order valence-electron chi connectivity index (χ2n) is 7.41. The van der Waals surface area contributed by atoms with Gasteiger partial charge in [0.2, 0.25) is 0 Å². The highest BCUT2D eigenvalue weighted by Crippen LogP contribution is 2.22. The predicted octanol–water partition coefficient (Wildman–Crippen LogP) is 5.16. The van der Waals surface area contributed by atoms with Crippen molar-refractivity contribution in [1.82, 2.24) is 0 Å². The average Bonchev–Trinajstić information content (AvgIpc) is 3.18. The van der Waals surface area contributed by atoms with E-state index in [9.17, 15) is 9.59 Å². The Morgan fingerprint density at radius 3 is 1.93 bits per heavy atom. The van der Waals surface area contributed by atoms with Crippen molar-refractivity contribution in [3.8, 4) is 0 Å². The number of amides is 2. The summed E-state index contributed by atoms with van der Waals surface area (Å²) in [7, 11) is 0. The van der Waals surface area contributed by atoms with Gasteiger partial charge in [0.1, 0.15) is 0 Å². The number of anilines is 3. The molecule has 6 heteroatoms. The van der Waals surface area contributed by atoms with Gasteiger partial charge in [-0.2, -0.15) is 0 Å². The largest absolute Gasteiger partial charge is 0.459 e. The molecule has 0 radical (unpaired) electrons. The van der Waals surface area contributed by atoms with Gasteiger partial charge in [-0.05, 0) is 73.5 Å². The van der Waals surface area contributed by atoms with E-state index >= 15 is 0 Å². The lowest BCUT2D eigenvalue weighted by Crippen LogP contribution is -2.23. The fourth-order valence-electron chi connectivity index (χ4n) is 3.59. The normalized spacial score (nSPS) is 14.1. The second-order valence-corrected chi connectivity index (χ2v) is 7.41. The first-order chi connectivity index (χ1) is 14.7. The number of hydrogen-bond acceptors (Lipinski definition) is 4. The number of nitrogens with zero attached hydrogens (tertiary/aromatic N) is 1. The van der Waals surface area contributed by atoms with Crippen LogP contribution in [0.4, 0.5) is 17.1 Å². The highest BCUT2D eigenvalue weighted by molar-refractivity contribution is 6.05. The molecule has 2 N–H and O–H groups in total. The van der Waals surface area contributed by atoms with Gasteiger partial charge in [0, 0.05) is 35.7 Å². The summed E-state index contributed by atoms with van der Waals surface area (Å²) in [6, 6.07) is 18.0. The first-order valence-electron chi connectivity index (χ1n) is 10.3. The molecule has 4 rings (SSSR count). The number of carbonyl (C=O) groups is 2. The quantitative estimate of drug-likeness (QED) is 0.617. The summed E-state index contributed by atoms with van der Waals surface area (Å²) in [4.78, 5) is 27.0. The summed E-state index contributed by atoms with van der Waals surface area (Å²) in [6.45, 7) is 2.18. The first-order valence-corrected chi connectivity index (χ1v) is 10.3. The molecule has 3 aromatic rings. The Bertz CT molecular complexity index is 972. The molecule has 2 aromatic carbocycles. The zero-order chi connectivity index (χ0) is 20.8. The van der Waals surface area contributed by atoms with Gasteiger partial charge in [-0.15, -0.1) is 0 Å². The third-order valence-electron chi connectivity index (χ3n) is 5.25. The summed E-state index contributed by atoms with van der Waals surface area (Å²) in [5.74, 6) is -0.288. The molecular formula is C24H25N3O3. The fourth-order valence-corrected chi connectivity index (χ4v) is 3.59. The standard InChI is InChI=1S/C24H25N3O3/c28-23(18-7-9-19(10-8-18)26-24(29)22-6-5-17-30-22)25-20-11-13-21(14-12-20)27-15-3-1-2-4-16-27/h5-14,17H,1-4,15-16H2,(H,25,28)(H,26,29). The third-order valence-corrected chi connectivity index (χ3v) is 5.25. The van der Waals surface area contributed by atoms with Crippen molar-refractivity contribution in [3.05, 3.63) is 78.3 Å². The Hall–Kier alpha value is -3.54. The SMILES string of the molecule is O=C(Nc1ccc(N2CCCCCC2)cc1)c1ccc(NC(=O)c2ccco2)cc1. The van der Waals surface area contributed by atoms with Crippen LogP contribution in [0, 0.1) is 0 Å². The molecule has 1 aromatic heterocycles. The molecule has 0 spiro atoms. The third kappa shape index (κ3) is 4.89. The van der Waals surface area contributed by atoms with E-state index in [4.69, 9.17) is 4.42 Å². The summed E-state index contributed by atoms with van der Waals surface area (Å²) in [5.41, 5.74) is 3.07. The van der Waals surface area contributed by atoms with Gasteiger partial charge >= 0.3 is 0 Å². The topological polar surface area (TPSA) is 74.6 Å². The Labute approximate surface area is 175 Å². The van der Waals surface area contributed by atoms with E-state index in [1.807, 2.05) is 12.1 Å². The molecule has 0 unspecified atom stereocenters. The van der Waals surface area contributed by atoms with Gasteiger partial charge < -0.3 is 20.0 Å². The molecule has 6 nitrogen and oxygen atoms in total.